The number of aliphatic hydroxyl groups is 2. The number of rotatable bonds is 11. The van der Waals surface area contributed by atoms with Gasteiger partial charge in [0, 0.05) is 48.1 Å². The fraction of sp³-hybridized carbons (Fsp3) is 0.429. The molecule has 0 unspecified atom stereocenters. The predicted octanol–water partition coefficient (Wildman–Crippen LogP) is 4.25. The molecule has 3 aromatic rings. The van der Waals surface area contributed by atoms with Gasteiger partial charge in [0.15, 0.2) is 17.5 Å². The van der Waals surface area contributed by atoms with Crippen LogP contribution in [0.15, 0.2) is 36.5 Å². The summed E-state index contributed by atoms with van der Waals surface area (Å²) in [5, 5.41) is 34.7. The van der Waals surface area contributed by atoms with Crippen LogP contribution < -0.4 is 10.1 Å². The lowest BCUT2D eigenvalue weighted by atomic mass is 9.74. The zero-order chi connectivity index (χ0) is 28.2. The highest BCUT2D eigenvalue weighted by Crippen LogP contribution is 2.40. The zero-order valence-corrected chi connectivity index (χ0v) is 21.6. The van der Waals surface area contributed by atoms with Crippen molar-refractivity contribution < 1.29 is 38.0 Å². The number of methoxy groups -OCH3 is 1. The lowest BCUT2D eigenvalue weighted by Gasteiger charge is -2.39. The Labute approximate surface area is 224 Å². The van der Waals surface area contributed by atoms with Gasteiger partial charge in [-0.3, -0.25) is 9.78 Å². The number of aliphatic carboxylic acids is 1. The van der Waals surface area contributed by atoms with Crippen molar-refractivity contribution in [3.63, 3.8) is 0 Å². The second-order valence-corrected chi connectivity index (χ2v) is 9.90. The minimum atomic E-state index is -1.52. The highest BCUT2D eigenvalue weighted by molar-refractivity contribution is 5.85. The largest absolute Gasteiger partial charge is 0.497 e. The first-order chi connectivity index (χ1) is 18.7. The van der Waals surface area contributed by atoms with E-state index in [0.717, 1.165) is 12.1 Å². The quantitative estimate of drug-likeness (QED) is 0.264. The summed E-state index contributed by atoms with van der Waals surface area (Å²) in [6, 6.07) is 7.04. The summed E-state index contributed by atoms with van der Waals surface area (Å²) in [5.41, 5.74) is 0.715. The van der Waals surface area contributed by atoms with E-state index in [1.807, 2.05) is 4.90 Å². The smallest absolute Gasteiger partial charge is 0.309 e. The van der Waals surface area contributed by atoms with Gasteiger partial charge in [0.1, 0.15) is 5.75 Å². The number of aliphatic hydroxyl groups excluding tert-OH is 2. The van der Waals surface area contributed by atoms with Crippen LogP contribution in [0.2, 0.25) is 0 Å². The van der Waals surface area contributed by atoms with Gasteiger partial charge in [-0.1, -0.05) is 0 Å². The maximum absolute atomic E-state index is 13.4. The van der Waals surface area contributed by atoms with E-state index in [4.69, 9.17) is 4.74 Å². The normalized spacial score (nSPS) is 16.3. The molecule has 8 nitrogen and oxygen atoms in total. The van der Waals surface area contributed by atoms with Crippen molar-refractivity contribution >= 4 is 22.6 Å². The average molecular weight is 548 g/mol. The number of hydrogen-bond acceptors (Lipinski definition) is 7. The molecule has 0 amide bonds. The molecule has 4 rings (SSSR count). The molecule has 210 valence electrons. The minimum absolute atomic E-state index is 0.126. The van der Waals surface area contributed by atoms with Crippen LogP contribution in [0.1, 0.15) is 42.9 Å². The van der Waals surface area contributed by atoms with E-state index < -0.39 is 34.9 Å². The molecule has 1 fully saturated rings. The molecule has 2 aromatic carbocycles. The molecule has 0 bridgehead atoms. The molecular formula is C28H32F3N3O5. The number of carboxylic acid groups (broad SMARTS) is 1. The lowest BCUT2D eigenvalue weighted by Crippen LogP contribution is -2.45. The van der Waals surface area contributed by atoms with E-state index in [9.17, 15) is 33.3 Å². The van der Waals surface area contributed by atoms with E-state index in [1.165, 1.54) is 13.3 Å². The van der Waals surface area contributed by atoms with Gasteiger partial charge in [0.05, 0.1) is 30.8 Å². The second-order valence-electron chi connectivity index (χ2n) is 9.90. The van der Waals surface area contributed by atoms with Crippen LogP contribution in [0.25, 0.3) is 10.9 Å². The Bertz CT molecular complexity index is 1300. The molecule has 11 heteroatoms. The number of pyridine rings is 1. The highest BCUT2D eigenvalue weighted by Gasteiger charge is 2.41. The third-order valence-electron chi connectivity index (χ3n) is 7.61. The van der Waals surface area contributed by atoms with Gasteiger partial charge in [-0.15, -0.1) is 0 Å². The summed E-state index contributed by atoms with van der Waals surface area (Å²) in [5.74, 6) is -4.40. The first kappa shape index (κ1) is 28.6. The van der Waals surface area contributed by atoms with Crippen LogP contribution in [0.3, 0.4) is 0 Å². The Morgan fingerprint density at radius 1 is 1.18 bits per heavy atom. The third-order valence-corrected chi connectivity index (χ3v) is 7.61. The molecule has 2 heterocycles. The summed E-state index contributed by atoms with van der Waals surface area (Å²) in [7, 11) is 1.53. The zero-order valence-electron chi connectivity index (χ0n) is 21.6. The Morgan fingerprint density at radius 3 is 2.49 bits per heavy atom. The number of benzene rings is 2. The molecule has 39 heavy (non-hydrogen) atoms. The molecule has 1 saturated heterocycles. The van der Waals surface area contributed by atoms with Crippen molar-refractivity contribution in [2.45, 2.75) is 38.4 Å². The minimum Gasteiger partial charge on any atom is -0.497 e. The molecule has 1 atom stereocenters. The van der Waals surface area contributed by atoms with Crippen LogP contribution in [-0.2, 0) is 11.4 Å². The molecule has 1 aliphatic heterocycles. The Balaban J connectivity index is 1.38. The number of carboxylic acids is 1. The Morgan fingerprint density at radius 2 is 1.87 bits per heavy atom. The van der Waals surface area contributed by atoms with Crippen molar-refractivity contribution in [3.8, 4) is 5.75 Å². The Kier molecular flexibility index (Phi) is 8.94. The van der Waals surface area contributed by atoms with Gasteiger partial charge in [-0.05, 0) is 62.5 Å². The topological polar surface area (TPSA) is 115 Å². The Hall–Kier alpha value is -3.41. The number of halogens is 3. The second kappa shape index (κ2) is 12.2. The molecule has 1 aliphatic rings. The van der Waals surface area contributed by atoms with Crippen molar-refractivity contribution in [1.82, 2.24) is 9.88 Å². The number of fused-ring (bicyclic) bond motifs is 1. The maximum atomic E-state index is 13.4. The van der Waals surface area contributed by atoms with Crippen molar-refractivity contribution in [2.75, 3.05) is 38.6 Å². The molecule has 4 N–H and O–H groups in total. The van der Waals surface area contributed by atoms with Gasteiger partial charge in [-0.25, -0.2) is 13.2 Å². The number of likely N-dealkylation sites (tertiary alicyclic amines) is 1. The van der Waals surface area contributed by atoms with Gasteiger partial charge in [0.2, 0.25) is 0 Å². The molecule has 0 saturated carbocycles. The number of nitrogens with one attached hydrogen (secondary N) is 1. The van der Waals surface area contributed by atoms with Gasteiger partial charge in [-0.2, -0.15) is 0 Å². The summed E-state index contributed by atoms with van der Waals surface area (Å²) >= 11 is 0. The number of nitrogens with zero attached hydrogens (tertiary/aromatic N) is 2. The number of ether oxygens (including phenoxy) is 1. The van der Waals surface area contributed by atoms with Crippen molar-refractivity contribution in [3.05, 3.63) is 65.1 Å². The SMILES string of the molecule is COc1ccc2ncc(CO)c([C@@H](O)CCC3(C(=O)O)CCN(CCNc4cc(F)c(F)c(F)c4)CC3)c2c1. The third kappa shape index (κ3) is 6.26. The summed E-state index contributed by atoms with van der Waals surface area (Å²) in [6.07, 6.45) is 1.65. The maximum Gasteiger partial charge on any atom is 0.309 e. The summed E-state index contributed by atoms with van der Waals surface area (Å²) in [6.45, 7) is 1.51. The monoisotopic (exact) mass is 547 g/mol. The molecule has 0 aliphatic carbocycles. The average Bonchev–Trinajstić information content (AvgIpc) is 2.94. The van der Waals surface area contributed by atoms with E-state index in [0.29, 0.717) is 66.8 Å². The summed E-state index contributed by atoms with van der Waals surface area (Å²) in [4.78, 5) is 18.8. The van der Waals surface area contributed by atoms with Crippen LogP contribution in [0, 0.1) is 22.9 Å². The van der Waals surface area contributed by atoms with Gasteiger partial charge < -0.3 is 30.3 Å². The lowest BCUT2D eigenvalue weighted by molar-refractivity contribution is -0.153. The van der Waals surface area contributed by atoms with E-state index in [-0.39, 0.29) is 25.1 Å². The number of aromatic nitrogens is 1. The summed E-state index contributed by atoms with van der Waals surface area (Å²) < 4.78 is 45.3. The van der Waals surface area contributed by atoms with Gasteiger partial charge in [0.25, 0.3) is 0 Å². The van der Waals surface area contributed by atoms with Gasteiger partial charge >= 0.3 is 5.97 Å². The van der Waals surface area contributed by atoms with Crippen LogP contribution in [0.4, 0.5) is 18.9 Å². The molecule has 0 radical (unpaired) electrons. The van der Waals surface area contributed by atoms with Crippen LogP contribution in [-0.4, -0.2) is 64.5 Å². The van der Waals surface area contributed by atoms with Crippen LogP contribution >= 0.6 is 0 Å². The van der Waals surface area contributed by atoms with Crippen molar-refractivity contribution in [1.29, 1.82) is 0 Å². The van der Waals surface area contributed by atoms with Crippen molar-refractivity contribution in [2.24, 2.45) is 5.41 Å². The fourth-order valence-electron chi connectivity index (χ4n) is 5.23. The van der Waals surface area contributed by atoms with E-state index in [2.05, 4.69) is 10.3 Å². The first-order valence-electron chi connectivity index (χ1n) is 12.8. The van der Waals surface area contributed by atoms with Crippen LogP contribution in [0.5, 0.6) is 5.75 Å². The number of piperidine rings is 1. The predicted molar refractivity (Wildman–Crippen MR) is 139 cm³/mol. The fourth-order valence-corrected chi connectivity index (χ4v) is 5.23. The van der Waals surface area contributed by atoms with E-state index in [1.54, 1.807) is 18.2 Å². The molecular weight excluding hydrogens is 515 g/mol. The molecule has 1 aromatic heterocycles. The first-order valence-corrected chi connectivity index (χ1v) is 12.8. The standard InChI is InChI=1S/C28H32F3N3O5/c1-39-19-2-3-23-20(14-19)25(17(16-35)15-33-23)24(36)4-5-28(27(37)38)6-9-34(10-7-28)11-8-32-18-12-21(29)26(31)22(30)13-18/h2-3,12-15,24,32,35-36H,4-11,16H2,1H3,(H,37,38)/t24-/m0/s1. The number of anilines is 1. The number of hydrogen-bond donors (Lipinski definition) is 4. The van der Waals surface area contributed by atoms with E-state index >= 15 is 0 Å². The molecule has 0 spiro atoms. The highest BCUT2D eigenvalue weighted by atomic mass is 19.2. The number of carbonyl (C=O) groups is 1.